The predicted octanol–water partition coefficient (Wildman–Crippen LogP) is -0.242. The van der Waals surface area contributed by atoms with E-state index in [1.165, 1.54) is 26.2 Å². The van der Waals surface area contributed by atoms with Crippen LogP contribution in [0.4, 0.5) is 0 Å². The summed E-state index contributed by atoms with van der Waals surface area (Å²) in [5.41, 5.74) is 5.85. The summed E-state index contributed by atoms with van der Waals surface area (Å²) in [6, 6.07) is 0.173. The fourth-order valence-corrected chi connectivity index (χ4v) is 1.87. The van der Waals surface area contributed by atoms with Crippen LogP contribution >= 0.6 is 9.47 Å². The zero-order chi connectivity index (χ0) is 10.4. The lowest BCUT2D eigenvalue weighted by atomic mass is 10.2. The molecule has 1 heterocycles. The first-order valence-electron chi connectivity index (χ1n) is 5.20. The van der Waals surface area contributed by atoms with Crippen LogP contribution < -0.4 is 5.73 Å². The van der Waals surface area contributed by atoms with E-state index in [-0.39, 0.29) is 6.04 Å². The quantitative estimate of drug-likeness (QED) is 0.648. The van der Waals surface area contributed by atoms with Crippen molar-refractivity contribution < 1.29 is 4.52 Å². The summed E-state index contributed by atoms with van der Waals surface area (Å²) >= 11 is 0. The van der Waals surface area contributed by atoms with Gasteiger partial charge in [-0.1, -0.05) is 0 Å². The molecule has 0 aliphatic carbocycles. The molecular formula is C9H22N3OP. The summed E-state index contributed by atoms with van der Waals surface area (Å²) in [5.74, 6) is 0. The number of hydrogen-bond acceptors (Lipinski definition) is 4. The maximum absolute atomic E-state index is 5.85. The van der Waals surface area contributed by atoms with Crippen LogP contribution in [0.15, 0.2) is 0 Å². The van der Waals surface area contributed by atoms with Gasteiger partial charge in [0.25, 0.3) is 0 Å². The maximum atomic E-state index is 5.85. The van der Waals surface area contributed by atoms with Crippen molar-refractivity contribution in [1.29, 1.82) is 0 Å². The van der Waals surface area contributed by atoms with Crippen LogP contribution in [-0.4, -0.2) is 62.2 Å². The summed E-state index contributed by atoms with van der Waals surface area (Å²) in [4.78, 5) is 4.84. The molecule has 2 atom stereocenters. The zero-order valence-electron chi connectivity index (χ0n) is 8.98. The highest BCUT2D eigenvalue weighted by Gasteiger charge is 2.14. The molecule has 4 nitrogen and oxygen atoms in total. The number of nitrogens with zero attached hydrogens (tertiary/aromatic N) is 2. The molecule has 0 aromatic carbocycles. The molecule has 14 heavy (non-hydrogen) atoms. The van der Waals surface area contributed by atoms with Crippen LogP contribution in [0.3, 0.4) is 0 Å². The van der Waals surface area contributed by atoms with E-state index in [1.807, 2.05) is 0 Å². The average molecular weight is 219 g/mol. The molecule has 1 rings (SSSR count). The largest absolute Gasteiger partial charge is 0.364 e. The molecule has 2 N–H and O–H groups in total. The van der Waals surface area contributed by atoms with E-state index in [1.54, 1.807) is 0 Å². The number of rotatable bonds is 5. The Morgan fingerprint density at radius 1 is 1.36 bits per heavy atom. The molecule has 84 valence electrons. The van der Waals surface area contributed by atoms with Gasteiger partial charge in [-0.15, -0.1) is 0 Å². The van der Waals surface area contributed by atoms with Crippen molar-refractivity contribution in [2.75, 3.05) is 46.4 Å². The summed E-state index contributed by atoms with van der Waals surface area (Å²) in [7, 11) is 4.42. The van der Waals surface area contributed by atoms with E-state index in [0.717, 1.165) is 13.0 Å². The molecule has 0 aromatic rings. The molecule has 0 aromatic heterocycles. The van der Waals surface area contributed by atoms with Gasteiger partial charge in [0.1, 0.15) is 0 Å². The van der Waals surface area contributed by atoms with E-state index >= 15 is 0 Å². The average Bonchev–Trinajstić information content (AvgIpc) is 2.17. The topological polar surface area (TPSA) is 41.7 Å². The summed E-state index contributed by atoms with van der Waals surface area (Å²) in [6.07, 6.45) is 1.03. The van der Waals surface area contributed by atoms with Gasteiger partial charge < -0.3 is 20.1 Å². The summed E-state index contributed by atoms with van der Waals surface area (Å²) in [6.45, 7) is 6.43. The highest BCUT2D eigenvalue weighted by Crippen LogP contribution is 2.02. The SMILES string of the molecule is CN1CCN(CC[C@@H](N)COP)CC1. The molecule has 1 aliphatic heterocycles. The molecule has 1 saturated heterocycles. The van der Waals surface area contributed by atoms with Crippen LogP contribution in [0.5, 0.6) is 0 Å². The van der Waals surface area contributed by atoms with Crippen molar-refractivity contribution in [3.8, 4) is 0 Å². The third-order valence-corrected chi connectivity index (χ3v) is 2.91. The molecule has 0 saturated carbocycles. The molecule has 1 unspecified atom stereocenters. The Morgan fingerprint density at radius 3 is 2.57 bits per heavy atom. The van der Waals surface area contributed by atoms with Crippen molar-refractivity contribution in [2.24, 2.45) is 5.73 Å². The van der Waals surface area contributed by atoms with Crippen molar-refractivity contribution in [3.05, 3.63) is 0 Å². The fraction of sp³-hybridized carbons (Fsp3) is 1.00. The summed E-state index contributed by atoms with van der Waals surface area (Å²) in [5, 5.41) is 0. The minimum absolute atomic E-state index is 0.173. The van der Waals surface area contributed by atoms with Gasteiger partial charge >= 0.3 is 0 Å². The molecule has 1 aliphatic rings. The van der Waals surface area contributed by atoms with Gasteiger partial charge in [-0.2, -0.15) is 0 Å². The molecule has 0 spiro atoms. The van der Waals surface area contributed by atoms with E-state index in [4.69, 9.17) is 10.3 Å². The predicted molar refractivity (Wildman–Crippen MR) is 62.2 cm³/mol. The zero-order valence-corrected chi connectivity index (χ0v) is 10.1. The second kappa shape index (κ2) is 6.70. The Hall–Kier alpha value is 0.270. The Bertz CT molecular complexity index is 151. The monoisotopic (exact) mass is 219 g/mol. The van der Waals surface area contributed by atoms with Gasteiger partial charge in [0.15, 0.2) is 0 Å². The van der Waals surface area contributed by atoms with Crippen LogP contribution in [-0.2, 0) is 4.52 Å². The van der Waals surface area contributed by atoms with Gasteiger partial charge in [0.05, 0.1) is 6.61 Å². The Morgan fingerprint density at radius 2 is 2.00 bits per heavy atom. The Kier molecular flexibility index (Phi) is 5.90. The van der Waals surface area contributed by atoms with E-state index in [0.29, 0.717) is 6.61 Å². The normalized spacial score (nSPS) is 22.5. The second-order valence-electron chi connectivity index (χ2n) is 4.03. The number of likely N-dealkylation sites (N-methyl/N-ethyl adjacent to an activating group) is 1. The van der Waals surface area contributed by atoms with Crippen LogP contribution in [0, 0.1) is 0 Å². The van der Waals surface area contributed by atoms with Crippen molar-refractivity contribution in [1.82, 2.24) is 9.80 Å². The maximum Gasteiger partial charge on any atom is 0.0653 e. The number of nitrogens with two attached hydrogens (primary N) is 1. The van der Waals surface area contributed by atoms with Crippen molar-refractivity contribution in [3.63, 3.8) is 0 Å². The fourth-order valence-electron chi connectivity index (χ4n) is 1.63. The van der Waals surface area contributed by atoms with E-state index in [9.17, 15) is 0 Å². The minimum Gasteiger partial charge on any atom is -0.364 e. The van der Waals surface area contributed by atoms with Crippen LogP contribution in [0.2, 0.25) is 0 Å². The second-order valence-corrected chi connectivity index (χ2v) is 4.36. The molecule has 0 radical (unpaired) electrons. The molecule has 0 amide bonds. The molecule has 5 heteroatoms. The summed E-state index contributed by atoms with van der Waals surface area (Å²) < 4.78 is 4.93. The molecule has 1 fully saturated rings. The molecular weight excluding hydrogens is 197 g/mol. The van der Waals surface area contributed by atoms with Gasteiger partial charge in [0, 0.05) is 41.7 Å². The van der Waals surface area contributed by atoms with Gasteiger partial charge in [-0.25, -0.2) is 0 Å². The molecule has 0 bridgehead atoms. The Balaban J connectivity index is 2.06. The minimum atomic E-state index is 0.173. The third kappa shape index (κ3) is 4.67. The number of piperazine rings is 1. The van der Waals surface area contributed by atoms with E-state index < -0.39 is 0 Å². The van der Waals surface area contributed by atoms with Gasteiger partial charge in [-0.05, 0) is 20.0 Å². The highest BCUT2D eigenvalue weighted by molar-refractivity contribution is 7.09. The lowest BCUT2D eigenvalue weighted by Crippen LogP contribution is -2.45. The lowest BCUT2D eigenvalue weighted by Gasteiger charge is -2.32. The lowest BCUT2D eigenvalue weighted by molar-refractivity contribution is 0.147. The smallest absolute Gasteiger partial charge is 0.0653 e. The first-order valence-corrected chi connectivity index (χ1v) is 5.67. The van der Waals surface area contributed by atoms with Gasteiger partial charge in [-0.3, -0.25) is 0 Å². The number of hydrogen-bond donors (Lipinski definition) is 1. The van der Waals surface area contributed by atoms with Crippen molar-refractivity contribution >= 4 is 9.47 Å². The van der Waals surface area contributed by atoms with Crippen molar-refractivity contribution in [2.45, 2.75) is 12.5 Å². The van der Waals surface area contributed by atoms with Gasteiger partial charge in [0.2, 0.25) is 0 Å². The third-order valence-electron chi connectivity index (χ3n) is 2.72. The standard InChI is InChI=1S/C9H22N3OP/c1-11-4-6-12(7-5-11)3-2-9(10)8-13-14/h9H,2-8,10,14H2,1H3/t9-/m1/s1. The first kappa shape index (κ1) is 12.3. The first-order chi connectivity index (χ1) is 6.72. The highest BCUT2D eigenvalue weighted by atomic mass is 31.0. The Labute approximate surface area is 89.0 Å². The van der Waals surface area contributed by atoms with Crippen LogP contribution in [0.25, 0.3) is 0 Å². The van der Waals surface area contributed by atoms with E-state index in [2.05, 4.69) is 26.3 Å². The van der Waals surface area contributed by atoms with Crippen LogP contribution in [0.1, 0.15) is 6.42 Å².